The average molecular weight is 247 g/mol. The van der Waals surface area contributed by atoms with Gasteiger partial charge in [-0.1, -0.05) is 24.3 Å². The summed E-state index contributed by atoms with van der Waals surface area (Å²) in [5.74, 6) is 0. The first kappa shape index (κ1) is 13.5. The van der Waals surface area contributed by atoms with E-state index in [4.69, 9.17) is 10.3 Å². The monoisotopic (exact) mass is 247 g/mol. The minimum absolute atomic E-state index is 0. The summed E-state index contributed by atoms with van der Waals surface area (Å²) in [4.78, 5) is -0.118. The van der Waals surface area contributed by atoms with E-state index in [-0.39, 0.29) is 34.5 Å². The van der Waals surface area contributed by atoms with E-state index in [1.807, 2.05) is 0 Å². The molecule has 0 atom stereocenters. The summed E-state index contributed by atoms with van der Waals surface area (Å²) in [5.41, 5.74) is 6.18. The first-order valence-electron chi connectivity index (χ1n) is 4.25. The molecule has 0 saturated heterocycles. The van der Waals surface area contributed by atoms with Crippen LogP contribution in [0.15, 0.2) is 41.3 Å². The maximum atomic E-state index is 11.1. The number of benzene rings is 2. The van der Waals surface area contributed by atoms with Gasteiger partial charge in [0.15, 0.2) is 0 Å². The zero-order valence-electron chi connectivity index (χ0n) is 7.71. The summed E-state index contributed by atoms with van der Waals surface area (Å²) in [7, 11) is -4.20. The third kappa shape index (κ3) is 2.39. The van der Waals surface area contributed by atoms with Crippen LogP contribution in [0.3, 0.4) is 0 Å². The van der Waals surface area contributed by atoms with E-state index in [1.165, 1.54) is 12.1 Å². The molecule has 0 amide bonds. The number of hydrogen-bond acceptors (Lipinski definition) is 3. The van der Waals surface area contributed by atoms with Crippen molar-refractivity contribution in [2.45, 2.75) is 4.90 Å². The Balaban J connectivity index is 0.00000128. The van der Waals surface area contributed by atoms with Gasteiger partial charge in [0, 0.05) is 16.5 Å². The fourth-order valence-corrected chi connectivity index (χ4v) is 2.22. The molecule has 2 aromatic carbocycles. The zero-order valence-corrected chi connectivity index (χ0v) is 8.53. The number of anilines is 1. The van der Waals surface area contributed by atoms with E-state index in [9.17, 15) is 8.42 Å². The molecule has 0 bridgehead atoms. The van der Waals surface area contributed by atoms with Gasteiger partial charge in [0.1, 0.15) is 4.90 Å². The number of nitrogen functional groups attached to an aromatic ring is 1. The van der Waals surface area contributed by atoms with Gasteiger partial charge in [0.05, 0.1) is 0 Å². The van der Waals surface area contributed by atoms with E-state index in [0.717, 1.165) is 0 Å². The molecule has 0 fully saturated rings. The summed E-state index contributed by atoms with van der Waals surface area (Å²) in [6.45, 7) is 0. The van der Waals surface area contributed by atoms with Crippen molar-refractivity contribution in [3.63, 3.8) is 0 Å². The molecule has 6 heteroatoms. The third-order valence-corrected chi connectivity index (χ3v) is 3.11. The van der Waals surface area contributed by atoms with Gasteiger partial charge in [-0.25, -0.2) is 0 Å². The van der Waals surface area contributed by atoms with Crippen LogP contribution in [0.2, 0.25) is 0 Å². The standard InChI is InChI=1S/C10H9NO3S.Na.H/c11-9-5-6-10(15(12,13)14)8-4-2-1-3-7(8)9;;/h1-6H,11H2,(H,12,13,14);;. The SMILES string of the molecule is Nc1ccc(S(=O)(=O)O)c2ccccc12.[NaH]. The van der Waals surface area contributed by atoms with Crippen LogP contribution in [0.4, 0.5) is 5.69 Å². The molecule has 16 heavy (non-hydrogen) atoms. The first-order chi connectivity index (χ1) is 7.00. The van der Waals surface area contributed by atoms with Gasteiger partial charge in [-0.05, 0) is 12.1 Å². The number of hydrogen-bond donors (Lipinski definition) is 2. The van der Waals surface area contributed by atoms with Crippen LogP contribution >= 0.6 is 0 Å². The molecule has 0 radical (unpaired) electrons. The predicted octanol–water partition coefficient (Wildman–Crippen LogP) is 1.02. The van der Waals surface area contributed by atoms with Crippen molar-refractivity contribution in [2.24, 2.45) is 0 Å². The van der Waals surface area contributed by atoms with E-state index in [1.54, 1.807) is 24.3 Å². The summed E-state index contributed by atoms with van der Waals surface area (Å²) in [6.07, 6.45) is 0. The van der Waals surface area contributed by atoms with Gasteiger partial charge >= 0.3 is 29.6 Å². The number of fused-ring (bicyclic) bond motifs is 1. The second-order valence-corrected chi connectivity index (χ2v) is 4.56. The Bertz CT molecular complexity index is 625. The summed E-state index contributed by atoms with van der Waals surface area (Å²) in [6, 6.07) is 9.52. The fourth-order valence-electron chi connectivity index (χ4n) is 1.52. The van der Waals surface area contributed by atoms with E-state index < -0.39 is 10.1 Å². The van der Waals surface area contributed by atoms with Crippen LogP contribution in [0.25, 0.3) is 10.8 Å². The van der Waals surface area contributed by atoms with Crippen LogP contribution in [-0.2, 0) is 10.1 Å². The van der Waals surface area contributed by atoms with Crippen molar-refractivity contribution in [1.29, 1.82) is 0 Å². The molecule has 0 saturated carbocycles. The molecule has 2 rings (SSSR count). The van der Waals surface area contributed by atoms with Gasteiger partial charge in [-0.2, -0.15) is 8.42 Å². The molecular formula is C10H10NNaO3S. The van der Waals surface area contributed by atoms with Gasteiger partial charge in [0.25, 0.3) is 10.1 Å². The zero-order chi connectivity index (χ0) is 11.1. The summed E-state index contributed by atoms with van der Waals surface area (Å²) >= 11 is 0. The second kappa shape index (κ2) is 4.73. The van der Waals surface area contributed by atoms with Gasteiger partial charge in [-0.15, -0.1) is 0 Å². The summed E-state index contributed by atoms with van der Waals surface area (Å²) < 4.78 is 31.2. The van der Waals surface area contributed by atoms with Gasteiger partial charge in [0.2, 0.25) is 0 Å². The quantitative estimate of drug-likeness (QED) is 0.448. The van der Waals surface area contributed by atoms with Crippen LogP contribution in [0.5, 0.6) is 0 Å². The molecule has 0 aliphatic heterocycles. The number of rotatable bonds is 1. The molecule has 0 unspecified atom stereocenters. The van der Waals surface area contributed by atoms with E-state index >= 15 is 0 Å². The van der Waals surface area contributed by atoms with Crippen LogP contribution in [0.1, 0.15) is 0 Å². The normalized spacial score (nSPS) is 11.1. The Morgan fingerprint density at radius 3 is 2.12 bits per heavy atom. The molecule has 0 heterocycles. The minimum atomic E-state index is -4.20. The maximum absolute atomic E-state index is 11.1. The molecule has 3 N–H and O–H groups in total. The molecule has 0 aliphatic rings. The van der Waals surface area contributed by atoms with Crippen molar-refractivity contribution in [3.8, 4) is 0 Å². The topological polar surface area (TPSA) is 80.4 Å². The molecule has 80 valence electrons. The predicted molar refractivity (Wildman–Crippen MR) is 65.3 cm³/mol. The Hall–Kier alpha value is -0.590. The van der Waals surface area contributed by atoms with Gasteiger partial charge < -0.3 is 5.73 Å². The van der Waals surface area contributed by atoms with Crippen LogP contribution in [0, 0.1) is 0 Å². The average Bonchev–Trinajstić information content (AvgIpc) is 2.17. The first-order valence-corrected chi connectivity index (χ1v) is 5.69. The molecule has 0 aliphatic carbocycles. The number of nitrogens with two attached hydrogens (primary N) is 1. The molecular weight excluding hydrogens is 237 g/mol. The Kier molecular flexibility index (Phi) is 3.98. The van der Waals surface area contributed by atoms with E-state index in [2.05, 4.69) is 0 Å². The Labute approximate surface area is 115 Å². The third-order valence-electron chi connectivity index (χ3n) is 2.20. The van der Waals surface area contributed by atoms with Crippen molar-refractivity contribution in [2.75, 3.05) is 5.73 Å². The van der Waals surface area contributed by atoms with Crippen LogP contribution in [-0.4, -0.2) is 42.5 Å². The fraction of sp³-hybridized carbons (Fsp3) is 0. The molecule has 0 spiro atoms. The Morgan fingerprint density at radius 1 is 1.00 bits per heavy atom. The molecule has 2 aromatic rings. The van der Waals surface area contributed by atoms with Crippen LogP contribution < -0.4 is 5.73 Å². The van der Waals surface area contributed by atoms with Crippen molar-refractivity contribution in [1.82, 2.24) is 0 Å². The molecule has 4 nitrogen and oxygen atoms in total. The van der Waals surface area contributed by atoms with E-state index in [0.29, 0.717) is 16.5 Å². The van der Waals surface area contributed by atoms with Crippen molar-refractivity contribution < 1.29 is 13.0 Å². The van der Waals surface area contributed by atoms with Gasteiger partial charge in [-0.3, -0.25) is 4.55 Å². The molecule has 0 aromatic heterocycles. The summed E-state index contributed by atoms with van der Waals surface area (Å²) in [5, 5.41) is 1.05. The second-order valence-electron chi connectivity index (χ2n) is 3.17. The van der Waals surface area contributed by atoms with Crippen molar-refractivity contribution in [3.05, 3.63) is 36.4 Å². The Morgan fingerprint density at radius 2 is 1.56 bits per heavy atom. The van der Waals surface area contributed by atoms with Crippen molar-refractivity contribution >= 4 is 56.1 Å².